The molecule has 2 amide bonds. The number of hydrogen-bond acceptors (Lipinski definition) is 3. The summed E-state index contributed by atoms with van der Waals surface area (Å²) in [5.41, 5.74) is 7.37. The molecule has 0 aliphatic carbocycles. The fourth-order valence-corrected chi connectivity index (χ4v) is 1.57. The molecule has 5 heteroatoms. The molecule has 0 saturated heterocycles. The maximum absolute atomic E-state index is 11.8. The molecule has 0 aliphatic heterocycles. The Balaban J connectivity index is 2.29. The molecule has 0 bridgehead atoms. The van der Waals surface area contributed by atoms with Gasteiger partial charge in [-0.15, -0.1) is 0 Å². The molecule has 0 heterocycles. The van der Waals surface area contributed by atoms with Crippen LogP contribution in [0.3, 0.4) is 0 Å². The molecule has 1 aromatic rings. The van der Waals surface area contributed by atoms with Crippen molar-refractivity contribution in [1.29, 1.82) is 0 Å². The predicted octanol–water partition coefficient (Wildman–Crippen LogP) is 0.824. The standard InChI is InChI=1S/C15H23N3O2/c1-10-4-6-13(7-5-10)15(20)18-9-8-17-14(19)11(2)12(3)16/h4-7,11-12H,8-9,16H2,1-3H3,(H,17,19)(H,18,20). The first-order valence-corrected chi connectivity index (χ1v) is 6.80. The summed E-state index contributed by atoms with van der Waals surface area (Å²) in [6, 6.07) is 7.15. The highest BCUT2D eigenvalue weighted by Crippen LogP contribution is 2.02. The Hall–Kier alpha value is -1.88. The van der Waals surface area contributed by atoms with Crippen LogP contribution in [0.5, 0.6) is 0 Å². The number of carbonyl (C=O) groups excluding carboxylic acids is 2. The molecule has 4 N–H and O–H groups in total. The van der Waals surface area contributed by atoms with Gasteiger partial charge in [0.05, 0.1) is 0 Å². The summed E-state index contributed by atoms with van der Waals surface area (Å²) in [7, 11) is 0. The third-order valence-electron chi connectivity index (χ3n) is 3.23. The maximum Gasteiger partial charge on any atom is 0.251 e. The van der Waals surface area contributed by atoms with E-state index in [1.807, 2.05) is 19.1 Å². The lowest BCUT2D eigenvalue weighted by atomic mass is 10.0. The second-order valence-electron chi connectivity index (χ2n) is 5.06. The first-order chi connectivity index (χ1) is 9.41. The van der Waals surface area contributed by atoms with Crippen molar-refractivity contribution in [2.45, 2.75) is 26.8 Å². The molecule has 0 aromatic heterocycles. The van der Waals surface area contributed by atoms with Crippen LogP contribution in [0.25, 0.3) is 0 Å². The highest BCUT2D eigenvalue weighted by molar-refractivity contribution is 5.94. The Labute approximate surface area is 119 Å². The Morgan fingerprint density at radius 1 is 1.10 bits per heavy atom. The minimum absolute atomic E-state index is 0.0930. The van der Waals surface area contributed by atoms with Crippen molar-refractivity contribution >= 4 is 11.8 Å². The van der Waals surface area contributed by atoms with Crippen molar-refractivity contribution in [1.82, 2.24) is 10.6 Å². The number of amides is 2. The molecule has 0 radical (unpaired) electrons. The van der Waals surface area contributed by atoms with E-state index in [-0.39, 0.29) is 23.8 Å². The lowest BCUT2D eigenvalue weighted by Crippen LogP contribution is -2.41. The highest BCUT2D eigenvalue weighted by atomic mass is 16.2. The molecule has 2 atom stereocenters. The second-order valence-corrected chi connectivity index (χ2v) is 5.06. The van der Waals surface area contributed by atoms with Crippen molar-refractivity contribution < 1.29 is 9.59 Å². The van der Waals surface area contributed by atoms with E-state index in [0.717, 1.165) is 5.56 Å². The molecule has 1 aromatic carbocycles. The topological polar surface area (TPSA) is 84.2 Å². The molecule has 0 saturated carbocycles. The smallest absolute Gasteiger partial charge is 0.251 e. The van der Waals surface area contributed by atoms with E-state index in [1.54, 1.807) is 26.0 Å². The van der Waals surface area contributed by atoms with Crippen LogP contribution in [0.4, 0.5) is 0 Å². The van der Waals surface area contributed by atoms with Crippen LogP contribution < -0.4 is 16.4 Å². The van der Waals surface area contributed by atoms with Crippen LogP contribution in [0, 0.1) is 12.8 Å². The van der Waals surface area contributed by atoms with Gasteiger partial charge in [-0.05, 0) is 26.0 Å². The van der Waals surface area contributed by atoms with Crippen molar-refractivity contribution in [3.63, 3.8) is 0 Å². The highest BCUT2D eigenvalue weighted by Gasteiger charge is 2.16. The van der Waals surface area contributed by atoms with Gasteiger partial charge in [-0.2, -0.15) is 0 Å². The molecule has 0 spiro atoms. The zero-order valence-electron chi connectivity index (χ0n) is 12.3. The van der Waals surface area contributed by atoms with E-state index in [2.05, 4.69) is 10.6 Å². The van der Waals surface area contributed by atoms with E-state index in [4.69, 9.17) is 5.73 Å². The van der Waals surface area contributed by atoms with Crippen molar-refractivity contribution in [2.24, 2.45) is 11.7 Å². The van der Waals surface area contributed by atoms with Gasteiger partial charge in [0.25, 0.3) is 5.91 Å². The number of aryl methyl sites for hydroxylation is 1. The van der Waals surface area contributed by atoms with E-state index in [0.29, 0.717) is 18.7 Å². The number of carbonyl (C=O) groups is 2. The van der Waals surface area contributed by atoms with E-state index in [1.165, 1.54) is 0 Å². The molecule has 0 aliphatic rings. The van der Waals surface area contributed by atoms with Crippen LogP contribution in [0.1, 0.15) is 29.8 Å². The minimum Gasteiger partial charge on any atom is -0.354 e. The van der Waals surface area contributed by atoms with Crippen LogP contribution >= 0.6 is 0 Å². The Kier molecular flexibility index (Phi) is 6.18. The molecule has 20 heavy (non-hydrogen) atoms. The Morgan fingerprint density at radius 2 is 1.65 bits per heavy atom. The molecule has 1 rings (SSSR count). The van der Waals surface area contributed by atoms with E-state index >= 15 is 0 Å². The van der Waals surface area contributed by atoms with Gasteiger partial charge in [-0.3, -0.25) is 9.59 Å². The van der Waals surface area contributed by atoms with Crippen molar-refractivity contribution in [3.05, 3.63) is 35.4 Å². The maximum atomic E-state index is 11.8. The predicted molar refractivity (Wildman–Crippen MR) is 79.3 cm³/mol. The van der Waals surface area contributed by atoms with Gasteiger partial charge in [-0.25, -0.2) is 0 Å². The third kappa shape index (κ3) is 5.01. The SMILES string of the molecule is Cc1ccc(C(=O)NCCNC(=O)C(C)C(C)N)cc1. The average Bonchev–Trinajstić information content (AvgIpc) is 2.42. The number of rotatable bonds is 6. The van der Waals surface area contributed by atoms with Crippen LogP contribution in [0.2, 0.25) is 0 Å². The number of hydrogen-bond donors (Lipinski definition) is 3. The molecule has 110 valence electrons. The molecule has 0 fully saturated rings. The second kappa shape index (κ2) is 7.65. The Bertz CT molecular complexity index is 455. The summed E-state index contributed by atoms with van der Waals surface area (Å²) in [6.45, 7) is 6.34. The van der Waals surface area contributed by atoms with Crippen LogP contribution in [-0.4, -0.2) is 30.9 Å². The Morgan fingerprint density at radius 3 is 2.20 bits per heavy atom. The number of nitrogens with one attached hydrogen (secondary N) is 2. The van der Waals surface area contributed by atoms with Crippen molar-refractivity contribution in [3.8, 4) is 0 Å². The van der Waals surface area contributed by atoms with Gasteiger partial charge in [0, 0.05) is 30.6 Å². The lowest BCUT2D eigenvalue weighted by Gasteiger charge is -2.15. The van der Waals surface area contributed by atoms with Gasteiger partial charge >= 0.3 is 0 Å². The van der Waals surface area contributed by atoms with Crippen molar-refractivity contribution in [2.75, 3.05) is 13.1 Å². The number of nitrogens with two attached hydrogens (primary N) is 1. The van der Waals surface area contributed by atoms with Gasteiger partial charge < -0.3 is 16.4 Å². The molecule has 5 nitrogen and oxygen atoms in total. The summed E-state index contributed by atoms with van der Waals surface area (Å²) in [5, 5.41) is 5.50. The average molecular weight is 277 g/mol. The van der Waals surface area contributed by atoms with Gasteiger partial charge in [0.1, 0.15) is 0 Å². The van der Waals surface area contributed by atoms with Gasteiger partial charge in [-0.1, -0.05) is 24.6 Å². The molecular formula is C15H23N3O2. The third-order valence-corrected chi connectivity index (χ3v) is 3.23. The first-order valence-electron chi connectivity index (χ1n) is 6.80. The fraction of sp³-hybridized carbons (Fsp3) is 0.467. The fourth-order valence-electron chi connectivity index (χ4n) is 1.57. The zero-order valence-corrected chi connectivity index (χ0v) is 12.3. The zero-order chi connectivity index (χ0) is 15.1. The minimum atomic E-state index is -0.234. The molecular weight excluding hydrogens is 254 g/mol. The summed E-state index contributed by atoms with van der Waals surface area (Å²) in [4.78, 5) is 23.4. The normalized spacial score (nSPS) is 13.4. The van der Waals surface area contributed by atoms with Crippen LogP contribution in [0.15, 0.2) is 24.3 Å². The first kappa shape index (κ1) is 16.2. The van der Waals surface area contributed by atoms with Gasteiger partial charge in [0.2, 0.25) is 5.91 Å². The summed E-state index contributed by atoms with van der Waals surface area (Å²) < 4.78 is 0. The van der Waals surface area contributed by atoms with E-state index < -0.39 is 0 Å². The van der Waals surface area contributed by atoms with E-state index in [9.17, 15) is 9.59 Å². The number of benzene rings is 1. The van der Waals surface area contributed by atoms with Crippen LogP contribution in [-0.2, 0) is 4.79 Å². The quantitative estimate of drug-likeness (QED) is 0.673. The monoisotopic (exact) mass is 277 g/mol. The molecule has 2 unspecified atom stereocenters. The summed E-state index contributed by atoms with van der Waals surface area (Å²) in [5.74, 6) is -0.466. The largest absolute Gasteiger partial charge is 0.354 e. The summed E-state index contributed by atoms with van der Waals surface area (Å²) in [6.07, 6.45) is 0. The van der Waals surface area contributed by atoms with Gasteiger partial charge in [0.15, 0.2) is 0 Å². The lowest BCUT2D eigenvalue weighted by molar-refractivity contribution is -0.124. The summed E-state index contributed by atoms with van der Waals surface area (Å²) >= 11 is 0.